The van der Waals surface area contributed by atoms with Crippen LogP contribution in [0.25, 0.3) is 0 Å². The molecule has 56 heavy (non-hydrogen) atoms. The Hall–Kier alpha value is -0.820. The quantitative estimate of drug-likeness (QED) is 0.103. The monoisotopic (exact) mass is 798 g/mol. The second kappa shape index (κ2) is 15.3. The van der Waals surface area contributed by atoms with Crippen molar-refractivity contribution in [3.8, 4) is 0 Å². The second-order valence-corrected chi connectivity index (χ2v) is 20.1. The Kier molecular flexibility index (Phi) is 11.8. The molecule has 14 heteroatoms. The zero-order valence-electron chi connectivity index (χ0n) is 34.0. The highest BCUT2D eigenvalue weighted by Crippen LogP contribution is 2.89. The minimum absolute atomic E-state index is 0.00120. The van der Waals surface area contributed by atoms with E-state index >= 15 is 0 Å². The van der Waals surface area contributed by atoms with E-state index in [2.05, 4.69) is 33.8 Å². The molecule has 2 heterocycles. The fourth-order valence-electron chi connectivity index (χ4n) is 14.2. The first-order valence-electron chi connectivity index (χ1n) is 21.1. The molecule has 10 N–H and O–H groups in total. The molecule has 7 fully saturated rings. The minimum Gasteiger partial charge on any atom is -0.394 e. The van der Waals surface area contributed by atoms with Crippen LogP contribution in [0.1, 0.15) is 99.3 Å². The van der Waals surface area contributed by atoms with Gasteiger partial charge in [0.15, 0.2) is 12.6 Å². The van der Waals surface area contributed by atoms with Crippen LogP contribution < -0.4 is 0 Å². The average Bonchev–Trinajstić information content (AvgIpc) is 3.77. The van der Waals surface area contributed by atoms with E-state index in [1.54, 1.807) is 0 Å². The number of hydrogen-bond donors (Lipinski definition) is 10. The molecule has 0 radical (unpaired) electrons. The summed E-state index contributed by atoms with van der Waals surface area (Å²) >= 11 is 0. The van der Waals surface area contributed by atoms with Gasteiger partial charge in [-0.3, -0.25) is 0 Å². The van der Waals surface area contributed by atoms with E-state index in [-0.39, 0.29) is 46.0 Å². The molecule has 0 aromatic heterocycles. The summed E-state index contributed by atoms with van der Waals surface area (Å²) in [6.07, 6.45) is -6.88. The zero-order chi connectivity index (χ0) is 40.9. The lowest BCUT2D eigenvalue weighted by atomic mass is 9.41. The molecule has 22 atom stereocenters. The maximum Gasteiger partial charge on any atom is 0.186 e. The van der Waals surface area contributed by atoms with Gasteiger partial charge in [-0.15, -0.1) is 0 Å². The van der Waals surface area contributed by atoms with E-state index in [1.807, 2.05) is 13.8 Å². The van der Waals surface area contributed by atoms with Crippen LogP contribution in [0.3, 0.4) is 0 Å². The lowest BCUT2D eigenvalue weighted by Crippen LogP contribution is -2.63. The van der Waals surface area contributed by atoms with Crippen molar-refractivity contribution in [3.63, 3.8) is 0 Å². The standard InChI is InChI=1S/C42H70O14/c1-20(2)7-8-22(45)21(3)29-23(46)15-40(6)27-10-9-26-38(4,19-53-36-34(51)32(49)30(47)24(16-43)54-36)28(56-37-35(52)33(50)31(48)25(17-44)55-37)11-12-41(26)18-42(27,41)14-13-39(29,40)5/h7,21-37,43-52H,8-19H2,1-6H3/t21-,22+,23+,24-,25-,26+,27+,28+,29+,30-,31-,32+,33+,34-,35-,36-,37+,38+,39-,40+,41-,42+/m1/s1. The lowest BCUT2D eigenvalue weighted by molar-refractivity contribution is -0.340. The van der Waals surface area contributed by atoms with E-state index in [0.29, 0.717) is 25.2 Å². The van der Waals surface area contributed by atoms with Gasteiger partial charge >= 0.3 is 0 Å². The van der Waals surface area contributed by atoms with Gasteiger partial charge in [-0.25, -0.2) is 0 Å². The summed E-state index contributed by atoms with van der Waals surface area (Å²) in [5.41, 5.74) is -0.0759. The molecule has 0 aromatic rings. The van der Waals surface area contributed by atoms with Crippen LogP contribution in [0.2, 0.25) is 0 Å². The first-order chi connectivity index (χ1) is 26.3. The van der Waals surface area contributed by atoms with Crippen molar-refractivity contribution >= 4 is 0 Å². The number of hydrogen-bond acceptors (Lipinski definition) is 14. The molecule has 2 saturated heterocycles. The lowest BCUT2D eigenvalue weighted by Gasteiger charge is -2.64. The molecule has 7 rings (SSSR count). The van der Waals surface area contributed by atoms with Gasteiger partial charge in [0.25, 0.3) is 0 Å². The molecule has 0 bridgehead atoms. The third-order valence-electron chi connectivity index (χ3n) is 17.4. The molecule has 5 aliphatic carbocycles. The Labute approximate surface area is 330 Å². The summed E-state index contributed by atoms with van der Waals surface area (Å²) < 4.78 is 24.5. The predicted molar refractivity (Wildman–Crippen MR) is 200 cm³/mol. The van der Waals surface area contributed by atoms with Crippen molar-refractivity contribution in [2.75, 3.05) is 19.8 Å². The molecule has 0 aromatic carbocycles. The highest BCUT2D eigenvalue weighted by atomic mass is 16.7. The first-order valence-corrected chi connectivity index (χ1v) is 21.1. The normalized spacial score (nSPS) is 54.9. The van der Waals surface area contributed by atoms with E-state index in [4.69, 9.17) is 18.9 Å². The molecular weight excluding hydrogens is 728 g/mol. The molecule has 7 aliphatic rings. The Morgan fingerprint density at radius 2 is 1.30 bits per heavy atom. The smallest absolute Gasteiger partial charge is 0.186 e. The number of fused-ring (bicyclic) bond motifs is 2. The molecule has 2 spiro atoms. The fraction of sp³-hybridized carbons (Fsp3) is 0.952. The van der Waals surface area contributed by atoms with Gasteiger partial charge < -0.3 is 70.0 Å². The van der Waals surface area contributed by atoms with Gasteiger partial charge in [0.2, 0.25) is 0 Å². The minimum atomic E-state index is -1.61. The Morgan fingerprint density at radius 3 is 1.91 bits per heavy atom. The molecule has 14 nitrogen and oxygen atoms in total. The molecule has 0 unspecified atom stereocenters. The van der Waals surface area contributed by atoms with Gasteiger partial charge in [0.05, 0.1) is 38.1 Å². The van der Waals surface area contributed by atoms with Crippen LogP contribution in [0, 0.1) is 50.7 Å². The van der Waals surface area contributed by atoms with E-state index in [0.717, 1.165) is 44.1 Å². The number of aliphatic hydroxyl groups is 10. The Bertz CT molecular complexity index is 1440. The van der Waals surface area contributed by atoms with Crippen LogP contribution in [-0.4, -0.2) is 151 Å². The summed E-state index contributed by atoms with van der Waals surface area (Å²) in [4.78, 5) is 0. The summed E-state index contributed by atoms with van der Waals surface area (Å²) in [6, 6.07) is 0. The van der Waals surface area contributed by atoms with Gasteiger partial charge in [0.1, 0.15) is 48.8 Å². The molecule has 2 aliphatic heterocycles. The van der Waals surface area contributed by atoms with Crippen LogP contribution in [0.5, 0.6) is 0 Å². The van der Waals surface area contributed by atoms with Crippen LogP contribution in [-0.2, 0) is 18.9 Å². The number of rotatable bonds is 11. The largest absolute Gasteiger partial charge is 0.394 e. The van der Waals surface area contributed by atoms with Crippen molar-refractivity contribution in [1.82, 2.24) is 0 Å². The van der Waals surface area contributed by atoms with Crippen LogP contribution in [0.4, 0.5) is 0 Å². The molecule has 322 valence electrons. The number of ether oxygens (including phenoxy) is 4. The maximum atomic E-state index is 11.9. The summed E-state index contributed by atoms with van der Waals surface area (Å²) in [7, 11) is 0. The molecule has 5 saturated carbocycles. The van der Waals surface area contributed by atoms with Crippen molar-refractivity contribution in [2.45, 2.75) is 179 Å². The highest BCUT2D eigenvalue weighted by molar-refractivity contribution is 5.31. The van der Waals surface area contributed by atoms with E-state index in [9.17, 15) is 51.1 Å². The topological polar surface area (TPSA) is 239 Å². The number of allylic oxidation sites excluding steroid dienone is 1. The average molecular weight is 799 g/mol. The van der Waals surface area contributed by atoms with Crippen molar-refractivity contribution in [3.05, 3.63) is 11.6 Å². The first kappa shape index (κ1) is 43.3. The fourth-order valence-corrected chi connectivity index (χ4v) is 14.2. The SMILES string of the molecule is CC(C)=CC[C@H](O)[C@@H](C)[C@H]1[C@@H](O)C[C@@]2(C)[C@@H]3CC[C@H]4[C@](C)(CO[C@@H]5O[C@H](CO)[C@@H](O)[C@H](O)[C@H]5O)[C@@H](O[C@@H]5O[C@H](CO)[C@@H](O)[C@H](O)[C@H]5O)CC[C@@]45C[C@@]35CC[C@]12C. The van der Waals surface area contributed by atoms with E-state index in [1.165, 1.54) is 0 Å². The third-order valence-corrected chi connectivity index (χ3v) is 17.4. The Morgan fingerprint density at radius 1 is 0.732 bits per heavy atom. The van der Waals surface area contributed by atoms with Crippen molar-refractivity contribution in [1.29, 1.82) is 0 Å². The van der Waals surface area contributed by atoms with Gasteiger partial charge in [-0.05, 0) is 117 Å². The number of aliphatic hydroxyl groups excluding tert-OH is 10. The van der Waals surface area contributed by atoms with Crippen molar-refractivity contribution in [2.24, 2.45) is 50.7 Å². The maximum absolute atomic E-state index is 11.9. The van der Waals surface area contributed by atoms with E-state index < -0.39 is 98.4 Å². The van der Waals surface area contributed by atoms with Gasteiger partial charge in [-0.2, -0.15) is 0 Å². The molecule has 0 amide bonds. The van der Waals surface area contributed by atoms with Crippen LogP contribution >= 0.6 is 0 Å². The Balaban J connectivity index is 1.18. The van der Waals surface area contributed by atoms with Gasteiger partial charge in [0, 0.05) is 5.41 Å². The van der Waals surface area contributed by atoms with Crippen LogP contribution in [0.15, 0.2) is 11.6 Å². The summed E-state index contributed by atoms with van der Waals surface area (Å²) in [6.45, 7) is 11.8. The summed E-state index contributed by atoms with van der Waals surface area (Å²) in [5.74, 6) is 0.242. The third kappa shape index (κ3) is 6.34. The highest BCUT2D eigenvalue weighted by Gasteiger charge is 2.83. The zero-order valence-corrected chi connectivity index (χ0v) is 34.0. The predicted octanol–water partition coefficient (Wildman–Crippen LogP) is 0.731. The summed E-state index contributed by atoms with van der Waals surface area (Å²) in [5, 5.41) is 107. The second-order valence-electron chi connectivity index (χ2n) is 20.1. The van der Waals surface area contributed by atoms with Crippen molar-refractivity contribution < 1.29 is 70.0 Å². The molecular formula is C42H70O14. The van der Waals surface area contributed by atoms with Gasteiger partial charge in [-0.1, -0.05) is 39.3 Å².